The summed E-state index contributed by atoms with van der Waals surface area (Å²) in [6.07, 6.45) is 0. The molecule has 100 valence electrons. The lowest BCUT2D eigenvalue weighted by molar-refractivity contribution is 0.0963. The quantitative estimate of drug-likeness (QED) is 0.870. The predicted molar refractivity (Wildman–Crippen MR) is 72.6 cm³/mol. The van der Waals surface area contributed by atoms with Crippen molar-refractivity contribution in [3.05, 3.63) is 40.5 Å². The summed E-state index contributed by atoms with van der Waals surface area (Å²) in [6, 6.07) is 4.60. The van der Waals surface area contributed by atoms with Crippen LogP contribution in [0.25, 0.3) is 0 Å². The Morgan fingerprint density at radius 1 is 1.26 bits per heavy atom. The van der Waals surface area contributed by atoms with Crippen molar-refractivity contribution in [2.75, 3.05) is 13.6 Å². The van der Waals surface area contributed by atoms with Gasteiger partial charge >= 0.3 is 0 Å². The number of allylic oxidation sites excluding steroid dienone is 1. The van der Waals surface area contributed by atoms with Crippen LogP contribution < -0.4 is 5.32 Å². The number of rotatable bonds is 3. The van der Waals surface area contributed by atoms with Crippen LogP contribution in [0.5, 0.6) is 5.75 Å². The lowest BCUT2D eigenvalue weighted by atomic mass is 9.79. The molecule has 0 spiro atoms. The Kier molecular flexibility index (Phi) is 3.53. The Bertz CT molecular complexity index is 587. The topological polar surface area (TPSA) is 66.4 Å². The van der Waals surface area contributed by atoms with Crippen LogP contribution in [-0.2, 0) is 0 Å². The molecular formula is C15H17NO3. The number of nitrogens with one attached hydrogen (secondary N) is 1. The molecule has 0 heterocycles. The number of carbonyl (C=O) groups is 2. The molecule has 1 aliphatic carbocycles. The van der Waals surface area contributed by atoms with Crippen molar-refractivity contribution in [2.45, 2.75) is 13.8 Å². The molecule has 0 bridgehead atoms. The summed E-state index contributed by atoms with van der Waals surface area (Å²) in [6.45, 7) is 4.18. The summed E-state index contributed by atoms with van der Waals surface area (Å²) in [5, 5.41) is 12.8. The second kappa shape index (κ2) is 4.97. The average Bonchev–Trinajstić information content (AvgIpc) is 2.36. The number of phenols is 1. The molecule has 0 fully saturated rings. The molecule has 1 aromatic carbocycles. The van der Waals surface area contributed by atoms with E-state index in [4.69, 9.17) is 0 Å². The molecule has 0 radical (unpaired) electrons. The molecule has 0 saturated carbocycles. The van der Waals surface area contributed by atoms with Gasteiger partial charge in [-0.25, -0.2) is 0 Å². The second-order valence-corrected chi connectivity index (χ2v) is 4.86. The zero-order valence-corrected chi connectivity index (χ0v) is 11.3. The van der Waals surface area contributed by atoms with E-state index in [1.54, 1.807) is 26.1 Å². The van der Waals surface area contributed by atoms with E-state index in [9.17, 15) is 14.7 Å². The van der Waals surface area contributed by atoms with Crippen molar-refractivity contribution in [3.8, 4) is 5.75 Å². The van der Waals surface area contributed by atoms with Crippen molar-refractivity contribution < 1.29 is 14.7 Å². The summed E-state index contributed by atoms with van der Waals surface area (Å²) < 4.78 is 0. The van der Waals surface area contributed by atoms with E-state index in [1.807, 2.05) is 6.92 Å². The van der Waals surface area contributed by atoms with E-state index in [-0.39, 0.29) is 28.8 Å². The van der Waals surface area contributed by atoms with E-state index in [0.717, 1.165) is 0 Å². The van der Waals surface area contributed by atoms with Crippen molar-refractivity contribution >= 4 is 11.6 Å². The number of benzene rings is 1. The number of ketones is 2. The highest BCUT2D eigenvalue weighted by molar-refractivity contribution is 6.27. The Labute approximate surface area is 112 Å². The lowest BCUT2D eigenvalue weighted by Crippen LogP contribution is -2.28. The molecule has 1 aliphatic rings. The highest BCUT2D eigenvalue weighted by Crippen LogP contribution is 2.34. The number of aromatic hydroxyl groups is 1. The fourth-order valence-corrected chi connectivity index (χ4v) is 2.60. The molecule has 2 N–H and O–H groups in total. The molecule has 4 nitrogen and oxygen atoms in total. The molecule has 0 aliphatic heterocycles. The molecule has 0 aromatic heterocycles. The van der Waals surface area contributed by atoms with Gasteiger partial charge in [-0.1, -0.05) is 19.1 Å². The minimum absolute atomic E-state index is 0.0748. The van der Waals surface area contributed by atoms with Gasteiger partial charge in [0.25, 0.3) is 0 Å². The van der Waals surface area contributed by atoms with Crippen molar-refractivity contribution in [3.63, 3.8) is 0 Å². The van der Waals surface area contributed by atoms with Gasteiger partial charge in [0.15, 0.2) is 11.6 Å². The Hall–Kier alpha value is -1.94. The zero-order chi connectivity index (χ0) is 14.2. The molecule has 0 saturated heterocycles. The normalized spacial score (nSPS) is 16.6. The molecule has 19 heavy (non-hydrogen) atoms. The summed E-state index contributed by atoms with van der Waals surface area (Å²) in [4.78, 5) is 24.8. The summed E-state index contributed by atoms with van der Waals surface area (Å²) in [5.41, 5.74) is 1.40. The van der Waals surface area contributed by atoms with Crippen molar-refractivity contribution in [2.24, 2.45) is 5.92 Å². The third kappa shape index (κ3) is 2.08. The number of Topliss-reactive ketones (excluding diaryl/α,β-unsaturated/α-hetero) is 2. The third-order valence-corrected chi connectivity index (χ3v) is 3.51. The third-order valence-electron chi connectivity index (χ3n) is 3.51. The summed E-state index contributed by atoms with van der Waals surface area (Å²) in [5.74, 6) is -0.622. The SMILES string of the molecule is CNCC(C)C1=C(C)C(=O)c2cccc(O)c2C1=O. The molecule has 4 heteroatoms. The first-order valence-electron chi connectivity index (χ1n) is 6.25. The van der Waals surface area contributed by atoms with Gasteiger partial charge in [-0.05, 0) is 26.0 Å². The molecular weight excluding hydrogens is 242 g/mol. The number of hydrogen-bond donors (Lipinski definition) is 2. The minimum Gasteiger partial charge on any atom is -0.507 e. The van der Waals surface area contributed by atoms with Crippen LogP contribution in [0.3, 0.4) is 0 Å². The molecule has 0 amide bonds. The van der Waals surface area contributed by atoms with Crippen molar-refractivity contribution in [1.29, 1.82) is 0 Å². The van der Waals surface area contributed by atoms with Crippen molar-refractivity contribution in [1.82, 2.24) is 5.32 Å². The molecule has 1 unspecified atom stereocenters. The van der Waals surface area contributed by atoms with Crippen LogP contribution >= 0.6 is 0 Å². The Morgan fingerprint density at radius 3 is 2.58 bits per heavy atom. The first-order valence-corrected chi connectivity index (χ1v) is 6.25. The number of phenolic OH excluding ortho intramolecular Hbond substituents is 1. The summed E-state index contributed by atoms with van der Waals surface area (Å²) >= 11 is 0. The smallest absolute Gasteiger partial charge is 0.194 e. The van der Waals surface area contributed by atoms with Gasteiger partial charge < -0.3 is 10.4 Å². The fourth-order valence-electron chi connectivity index (χ4n) is 2.60. The van der Waals surface area contributed by atoms with Gasteiger partial charge in [-0.3, -0.25) is 9.59 Å². The molecule has 2 rings (SSSR count). The number of fused-ring (bicyclic) bond motifs is 1. The minimum atomic E-state index is -0.243. The van der Waals surface area contributed by atoms with Gasteiger partial charge in [-0.2, -0.15) is 0 Å². The van der Waals surface area contributed by atoms with Gasteiger partial charge in [-0.15, -0.1) is 0 Å². The van der Waals surface area contributed by atoms with Gasteiger partial charge in [0, 0.05) is 23.3 Å². The maximum Gasteiger partial charge on any atom is 0.194 e. The van der Waals surface area contributed by atoms with Crippen LogP contribution in [0.1, 0.15) is 34.6 Å². The highest BCUT2D eigenvalue weighted by atomic mass is 16.3. The van der Waals surface area contributed by atoms with E-state index >= 15 is 0 Å². The first-order chi connectivity index (χ1) is 8.99. The van der Waals surface area contributed by atoms with E-state index in [0.29, 0.717) is 23.3 Å². The standard InChI is InChI=1S/C15H17NO3/c1-8(7-16-3)12-9(2)14(18)10-5-4-6-11(17)13(10)15(12)19/h4-6,8,16-17H,7H2,1-3H3. The largest absolute Gasteiger partial charge is 0.507 e. The van der Waals surface area contributed by atoms with Crippen LogP contribution in [0.4, 0.5) is 0 Å². The highest BCUT2D eigenvalue weighted by Gasteiger charge is 2.34. The Balaban J connectivity index is 2.60. The van der Waals surface area contributed by atoms with E-state index in [1.165, 1.54) is 6.07 Å². The van der Waals surface area contributed by atoms with Crippen LogP contribution in [0.15, 0.2) is 29.3 Å². The van der Waals surface area contributed by atoms with Crippen LogP contribution in [-0.4, -0.2) is 30.3 Å². The first kappa shape index (κ1) is 13.5. The predicted octanol–water partition coefficient (Wildman–Crippen LogP) is 1.94. The lowest BCUT2D eigenvalue weighted by Gasteiger charge is -2.23. The zero-order valence-electron chi connectivity index (χ0n) is 11.3. The van der Waals surface area contributed by atoms with Gasteiger partial charge in [0.1, 0.15) is 5.75 Å². The monoisotopic (exact) mass is 259 g/mol. The molecule has 1 aromatic rings. The van der Waals surface area contributed by atoms with E-state index < -0.39 is 0 Å². The average molecular weight is 259 g/mol. The summed E-state index contributed by atoms with van der Waals surface area (Å²) in [7, 11) is 1.80. The van der Waals surface area contributed by atoms with Gasteiger partial charge in [0.05, 0.1) is 5.56 Å². The van der Waals surface area contributed by atoms with Gasteiger partial charge in [0.2, 0.25) is 0 Å². The maximum absolute atomic E-state index is 12.5. The van der Waals surface area contributed by atoms with Crippen LogP contribution in [0, 0.1) is 5.92 Å². The molecule has 1 atom stereocenters. The maximum atomic E-state index is 12.5. The van der Waals surface area contributed by atoms with Crippen LogP contribution in [0.2, 0.25) is 0 Å². The Morgan fingerprint density at radius 2 is 1.95 bits per heavy atom. The van der Waals surface area contributed by atoms with E-state index in [2.05, 4.69) is 5.32 Å². The number of hydrogen-bond acceptors (Lipinski definition) is 4. The fraction of sp³-hybridized carbons (Fsp3) is 0.333. The second-order valence-electron chi connectivity index (χ2n) is 4.86. The number of carbonyl (C=O) groups excluding carboxylic acids is 2.